The highest BCUT2D eigenvalue weighted by Crippen LogP contribution is 2.24. The number of carbonyl (C=O) groups is 2. The van der Waals surface area contributed by atoms with Gasteiger partial charge in [-0.1, -0.05) is 0 Å². The molecule has 1 rings (SSSR count). The standard InChI is InChI=1S/C8H10F3NO4/c1-4-5(6(13)14)16-7(15)12(4)3-2-8(9,10)11/h4-5H,2-3H2,1H3,(H,13,14). The average molecular weight is 241 g/mol. The lowest BCUT2D eigenvalue weighted by Gasteiger charge is -2.19. The van der Waals surface area contributed by atoms with Crippen molar-refractivity contribution in [3.8, 4) is 0 Å². The monoisotopic (exact) mass is 241 g/mol. The predicted octanol–water partition coefficient (Wildman–Crippen LogP) is 1.23. The van der Waals surface area contributed by atoms with Crippen molar-refractivity contribution >= 4 is 12.1 Å². The van der Waals surface area contributed by atoms with Crippen LogP contribution in [0.3, 0.4) is 0 Å². The summed E-state index contributed by atoms with van der Waals surface area (Å²) in [6.45, 7) is 0.743. The molecule has 0 aromatic rings. The number of hydrogen-bond donors (Lipinski definition) is 1. The molecule has 0 aliphatic carbocycles. The van der Waals surface area contributed by atoms with E-state index in [0.29, 0.717) is 0 Å². The van der Waals surface area contributed by atoms with Crippen LogP contribution in [0.1, 0.15) is 13.3 Å². The van der Waals surface area contributed by atoms with Crippen LogP contribution >= 0.6 is 0 Å². The molecule has 1 heterocycles. The normalized spacial score (nSPS) is 25.8. The molecule has 92 valence electrons. The van der Waals surface area contributed by atoms with Crippen LogP contribution < -0.4 is 0 Å². The maximum absolute atomic E-state index is 11.9. The highest BCUT2D eigenvalue weighted by Gasteiger charge is 2.44. The molecule has 1 saturated heterocycles. The second-order valence-corrected chi connectivity index (χ2v) is 3.44. The van der Waals surface area contributed by atoms with E-state index in [0.717, 1.165) is 4.90 Å². The van der Waals surface area contributed by atoms with Crippen LogP contribution in [-0.4, -0.2) is 46.9 Å². The van der Waals surface area contributed by atoms with Crippen molar-refractivity contribution in [1.82, 2.24) is 4.90 Å². The molecular formula is C8H10F3NO4. The van der Waals surface area contributed by atoms with E-state index in [1.54, 1.807) is 0 Å². The van der Waals surface area contributed by atoms with Crippen LogP contribution in [0.15, 0.2) is 0 Å². The van der Waals surface area contributed by atoms with Crippen molar-refractivity contribution < 1.29 is 32.6 Å². The minimum Gasteiger partial charge on any atom is -0.478 e. The molecule has 0 radical (unpaired) electrons. The van der Waals surface area contributed by atoms with E-state index in [1.165, 1.54) is 6.92 Å². The molecule has 1 aliphatic heterocycles. The molecule has 0 saturated carbocycles. The molecule has 0 aromatic carbocycles. The Bertz CT molecular complexity index is 304. The van der Waals surface area contributed by atoms with Crippen molar-refractivity contribution in [3.05, 3.63) is 0 Å². The topological polar surface area (TPSA) is 66.8 Å². The largest absolute Gasteiger partial charge is 0.478 e. The third kappa shape index (κ3) is 2.77. The van der Waals surface area contributed by atoms with E-state index >= 15 is 0 Å². The number of carboxylic acid groups (broad SMARTS) is 1. The zero-order valence-electron chi connectivity index (χ0n) is 8.32. The lowest BCUT2D eigenvalue weighted by Crippen LogP contribution is -2.39. The predicted molar refractivity (Wildman–Crippen MR) is 44.7 cm³/mol. The summed E-state index contributed by atoms with van der Waals surface area (Å²) >= 11 is 0. The summed E-state index contributed by atoms with van der Waals surface area (Å²) < 4.78 is 40.2. The molecule has 1 fully saturated rings. The highest BCUT2D eigenvalue weighted by atomic mass is 19.4. The highest BCUT2D eigenvalue weighted by molar-refractivity contribution is 5.82. The van der Waals surface area contributed by atoms with Gasteiger partial charge in [-0.3, -0.25) is 0 Å². The Balaban J connectivity index is 2.61. The average Bonchev–Trinajstić information content (AvgIpc) is 2.38. The van der Waals surface area contributed by atoms with Crippen molar-refractivity contribution in [2.75, 3.05) is 6.54 Å². The number of cyclic esters (lactones) is 1. The number of nitrogens with zero attached hydrogens (tertiary/aromatic N) is 1. The Labute approximate surface area is 88.8 Å². The number of hydrogen-bond acceptors (Lipinski definition) is 3. The summed E-state index contributed by atoms with van der Waals surface area (Å²) in [4.78, 5) is 22.4. The zero-order chi connectivity index (χ0) is 12.5. The molecule has 2 atom stereocenters. The fraction of sp³-hybridized carbons (Fsp3) is 0.750. The number of carbonyl (C=O) groups excluding carboxylic acids is 1. The van der Waals surface area contributed by atoms with Crippen LogP contribution in [0.25, 0.3) is 0 Å². The van der Waals surface area contributed by atoms with Gasteiger partial charge in [0.05, 0.1) is 12.5 Å². The number of halogens is 3. The van der Waals surface area contributed by atoms with Gasteiger partial charge in [0.2, 0.25) is 6.10 Å². The van der Waals surface area contributed by atoms with Gasteiger partial charge in [-0.15, -0.1) is 0 Å². The first-order chi connectivity index (χ1) is 7.22. The van der Waals surface area contributed by atoms with Gasteiger partial charge >= 0.3 is 18.2 Å². The Morgan fingerprint density at radius 1 is 1.56 bits per heavy atom. The van der Waals surface area contributed by atoms with Gasteiger partial charge in [0.15, 0.2) is 0 Å². The SMILES string of the molecule is CC1C(C(=O)O)OC(=O)N1CCC(F)(F)F. The summed E-state index contributed by atoms with van der Waals surface area (Å²) in [6.07, 6.45) is -8.00. The van der Waals surface area contributed by atoms with E-state index in [1.807, 2.05) is 0 Å². The number of ether oxygens (including phenoxy) is 1. The molecule has 1 aliphatic rings. The Hall–Kier alpha value is -1.47. The summed E-state index contributed by atoms with van der Waals surface area (Å²) in [7, 11) is 0. The van der Waals surface area contributed by atoms with E-state index in [4.69, 9.17) is 5.11 Å². The molecule has 2 unspecified atom stereocenters. The molecule has 1 N–H and O–H groups in total. The third-order valence-corrected chi connectivity index (χ3v) is 2.27. The van der Waals surface area contributed by atoms with Crippen LogP contribution in [0.2, 0.25) is 0 Å². The van der Waals surface area contributed by atoms with Crippen molar-refractivity contribution in [2.45, 2.75) is 31.7 Å². The first-order valence-electron chi connectivity index (χ1n) is 4.49. The molecular weight excluding hydrogens is 231 g/mol. The van der Waals surface area contributed by atoms with Crippen LogP contribution in [0.5, 0.6) is 0 Å². The fourth-order valence-electron chi connectivity index (χ4n) is 1.40. The third-order valence-electron chi connectivity index (χ3n) is 2.27. The lowest BCUT2D eigenvalue weighted by molar-refractivity contribution is -0.146. The van der Waals surface area contributed by atoms with E-state index in [-0.39, 0.29) is 0 Å². The first-order valence-corrected chi connectivity index (χ1v) is 4.49. The van der Waals surface area contributed by atoms with Crippen LogP contribution in [0.4, 0.5) is 18.0 Å². The quantitative estimate of drug-likeness (QED) is 0.807. The van der Waals surface area contributed by atoms with E-state index < -0.39 is 43.4 Å². The second-order valence-electron chi connectivity index (χ2n) is 3.44. The van der Waals surface area contributed by atoms with Crippen LogP contribution in [0, 0.1) is 0 Å². The molecule has 0 aromatic heterocycles. The minimum absolute atomic E-state index is 0.590. The van der Waals surface area contributed by atoms with Gasteiger partial charge in [-0.05, 0) is 6.92 Å². The molecule has 8 heteroatoms. The number of rotatable bonds is 3. The summed E-state index contributed by atoms with van der Waals surface area (Å²) in [6, 6.07) is -0.896. The molecule has 0 bridgehead atoms. The number of aliphatic carboxylic acids is 1. The van der Waals surface area contributed by atoms with E-state index in [2.05, 4.69) is 4.74 Å². The minimum atomic E-state index is -4.39. The van der Waals surface area contributed by atoms with Gasteiger partial charge in [0, 0.05) is 6.54 Å². The van der Waals surface area contributed by atoms with Gasteiger partial charge < -0.3 is 14.7 Å². The van der Waals surface area contributed by atoms with Crippen molar-refractivity contribution in [2.24, 2.45) is 0 Å². The van der Waals surface area contributed by atoms with Gasteiger partial charge in [0.25, 0.3) is 0 Å². The maximum Gasteiger partial charge on any atom is 0.411 e. The first kappa shape index (κ1) is 12.6. The Morgan fingerprint density at radius 3 is 2.50 bits per heavy atom. The molecule has 1 amide bonds. The number of amides is 1. The van der Waals surface area contributed by atoms with Gasteiger partial charge in [0.1, 0.15) is 0 Å². The summed E-state index contributed by atoms with van der Waals surface area (Å²) in [5.74, 6) is -1.37. The number of alkyl halides is 3. The fourth-order valence-corrected chi connectivity index (χ4v) is 1.40. The van der Waals surface area contributed by atoms with E-state index in [9.17, 15) is 22.8 Å². The zero-order valence-corrected chi connectivity index (χ0v) is 8.32. The van der Waals surface area contributed by atoms with Crippen molar-refractivity contribution in [3.63, 3.8) is 0 Å². The lowest BCUT2D eigenvalue weighted by atomic mass is 10.2. The maximum atomic E-state index is 11.9. The second kappa shape index (κ2) is 4.18. The van der Waals surface area contributed by atoms with Gasteiger partial charge in [-0.2, -0.15) is 13.2 Å². The molecule has 5 nitrogen and oxygen atoms in total. The summed E-state index contributed by atoms with van der Waals surface area (Å²) in [5, 5.41) is 8.62. The molecule has 0 spiro atoms. The van der Waals surface area contributed by atoms with Gasteiger partial charge in [-0.25, -0.2) is 9.59 Å². The molecule has 16 heavy (non-hydrogen) atoms. The van der Waals surface area contributed by atoms with Crippen LogP contribution in [-0.2, 0) is 9.53 Å². The summed E-state index contributed by atoms with van der Waals surface area (Å²) in [5.41, 5.74) is 0. The Morgan fingerprint density at radius 2 is 2.12 bits per heavy atom. The smallest absolute Gasteiger partial charge is 0.411 e. The van der Waals surface area contributed by atoms with Crippen molar-refractivity contribution in [1.29, 1.82) is 0 Å². The Kier molecular flexibility index (Phi) is 3.30. The number of carboxylic acids is 1.